The third-order valence-corrected chi connectivity index (χ3v) is 2.65. The van der Waals surface area contributed by atoms with E-state index < -0.39 is 5.97 Å². The molecule has 2 heteroatoms. The lowest BCUT2D eigenvalue weighted by atomic mass is 9.89. The maximum Gasteiger partial charge on any atom is 0.306 e. The number of hydrogen-bond donors (Lipinski definition) is 1. The van der Waals surface area contributed by atoms with Crippen molar-refractivity contribution in [3.8, 4) is 0 Å². The van der Waals surface area contributed by atoms with Gasteiger partial charge >= 0.3 is 5.97 Å². The van der Waals surface area contributed by atoms with E-state index in [4.69, 9.17) is 5.11 Å². The van der Waals surface area contributed by atoms with Crippen LogP contribution in [0.4, 0.5) is 0 Å². The van der Waals surface area contributed by atoms with E-state index >= 15 is 0 Å². The van der Waals surface area contributed by atoms with Crippen LogP contribution in [-0.2, 0) is 4.79 Å². The molecule has 2 atom stereocenters. The summed E-state index contributed by atoms with van der Waals surface area (Å²) in [4.78, 5) is 10.6. The molecule has 0 saturated heterocycles. The molecule has 1 N–H and O–H groups in total. The van der Waals surface area contributed by atoms with Gasteiger partial charge in [0.25, 0.3) is 0 Å². The van der Waals surface area contributed by atoms with Crippen LogP contribution >= 0.6 is 0 Å². The van der Waals surface area contributed by atoms with Crippen LogP contribution < -0.4 is 0 Å². The van der Waals surface area contributed by atoms with Gasteiger partial charge < -0.3 is 5.11 Å². The van der Waals surface area contributed by atoms with Gasteiger partial charge in [0, 0.05) is 0 Å². The highest BCUT2D eigenvalue weighted by atomic mass is 16.4. The van der Waals surface area contributed by atoms with Crippen molar-refractivity contribution in [3.05, 3.63) is 0 Å². The molecule has 0 fully saturated rings. The van der Waals surface area contributed by atoms with Gasteiger partial charge in [-0.1, -0.05) is 46.5 Å². The van der Waals surface area contributed by atoms with Crippen molar-refractivity contribution in [1.82, 2.24) is 0 Å². The molecule has 0 bridgehead atoms. The molecule has 0 aliphatic carbocycles. The van der Waals surface area contributed by atoms with Crippen LogP contribution in [0, 0.1) is 11.8 Å². The van der Waals surface area contributed by atoms with Crippen molar-refractivity contribution in [2.24, 2.45) is 11.8 Å². The van der Waals surface area contributed by atoms with E-state index in [1.54, 1.807) is 6.92 Å². The van der Waals surface area contributed by atoms with Crippen LogP contribution in [0.5, 0.6) is 0 Å². The standard InChI is InChI=1S/C11H22O2/c1-4-6-7-10(5-2)8-9(3)11(12)13/h9-10H,4-8H2,1-3H3,(H,12,13). The Balaban J connectivity index is 3.75. The average Bonchev–Trinajstić information content (AvgIpc) is 2.11. The van der Waals surface area contributed by atoms with Crippen LogP contribution in [0.25, 0.3) is 0 Å². The largest absolute Gasteiger partial charge is 0.481 e. The van der Waals surface area contributed by atoms with Gasteiger partial charge in [-0.3, -0.25) is 4.79 Å². The second-order valence-corrected chi connectivity index (χ2v) is 3.89. The van der Waals surface area contributed by atoms with Crippen molar-refractivity contribution >= 4 is 5.97 Å². The van der Waals surface area contributed by atoms with Crippen molar-refractivity contribution in [3.63, 3.8) is 0 Å². The molecule has 78 valence electrons. The molecular weight excluding hydrogens is 164 g/mol. The number of carbonyl (C=O) groups is 1. The van der Waals surface area contributed by atoms with Crippen LogP contribution in [0.3, 0.4) is 0 Å². The third kappa shape index (κ3) is 5.67. The molecule has 0 aromatic carbocycles. The Morgan fingerprint density at radius 1 is 1.38 bits per heavy atom. The molecular formula is C11H22O2. The average molecular weight is 186 g/mol. The molecule has 13 heavy (non-hydrogen) atoms. The summed E-state index contributed by atoms with van der Waals surface area (Å²) in [5.74, 6) is -0.234. The zero-order chi connectivity index (χ0) is 10.3. The number of aliphatic carboxylic acids is 1. The lowest BCUT2D eigenvalue weighted by molar-refractivity contribution is -0.141. The van der Waals surface area contributed by atoms with Crippen LogP contribution in [0.15, 0.2) is 0 Å². The van der Waals surface area contributed by atoms with Crippen molar-refractivity contribution in [2.45, 2.75) is 52.9 Å². The summed E-state index contributed by atoms with van der Waals surface area (Å²) in [6.07, 6.45) is 5.57. The molecule has 0 rings (SSSR count). The summed E-state index contributed by atoms with van der Waals surface area (Å²) >= 11 is 0. The number of rotatable bonds is 7. The Kier molecular flexibility index (Phi) is 6.65. The fourth-order valence-corrected chi connectivity index (χ4v) is 1.58. The predicted molar refractivity (Wildman–Crippen MR) is 54.7 cm³/mol. The van der Waals surface area contributed by atoms with E-state index in [1.165, 1.54) is 19.3 Å². The minimum Gasteiger partial charge on any atom is -0.481 e. The molecule has 0 aliphatic rings. The number of carboxylic acids is 1. The Labute approximate surface area is 81.3 Å². The van der Waals surface area contributed by atoms with Gasteiger partial charge in [-0.25, -0.2) is 0 Å². The first-order chi connectivity index (χ1) is 6.11. The third-order valence-electron chi connectivity index (χ3n) is 2.65. The summed E-state index contributed by atoms with van der Waals surface area (Å²) in [7, 11) is 0. The van der Waals surface area contributed by atoms with Gasteiger partial charge in [0.05, 0.1) is 5.92 Å². The molecule has 0 aliphatic heterocycles. The summed E-state index contributed by atoms with van der Waals surface area (Å²) in [6.45, 7) is 6.12. The molecule has 0 spiro atoms. The molecule has 2 unspecified atom stereocenters. The summed E-state index contributed by atoms with van der Waals surface area (Å²) in [5.41, 5.74) is 0. The quantitative estimate of drug-likeness (QED) is 0.662. The highest BCUT2D eigenvalue weighted by molar-refractivity contribution is 5.69. The normalized spacial score (nSPS) is 15.3. The van der Waals surface area contributed by atoms with E-state index in [0.717, 1.165) is 12.8 Å². The van der Waals surface area contributed by atoms with E-state index in [1.807, 2.05) is 0 Å². The van der Waals surface area contributed by atoms with Crippen molar-refractivity contribution in [1.29, 1.82) is 0 Å². The Morgan fingerprint density at radius 2 is 2.00 bits per heavy atom. The first-order valence-corrected chi connectivity index (χ1v) is 5.34. The highest BCUT2D eigenvalue weighted by Gasteiger charge is 2.16. The monoisotopic (exact) mass is 186 g/mol. The molecule has 0 heterocycles. The first-order valence-electron chi connectivity index (χ1n) is 5.34. The minimum atomic E-state index is -0.657. The second kappa shape index (κ2) is 6.93. The Bertz CT molecular complexity index is 143. The summed E-state index contributed by atoms with van der Waals surface area (Å²) in [5, 5.41) is 8.75. The van der Waals surface area contributed by atoms with Gasteiger partial charge in [0.1, 0.15) is 0 Å². The SMILES string of the molecule is CCCCC(CC)CC(C)C(=O)O. The number of unbranched alkanes of at least 4 members (excludes halogenated alkanes) is 1. The Morgan fingerprint density at radius 3 is 2.38 bits per heavy atom. The van der Waals surface area contributed by atoms with Gasteiger partial charge in [-0.05, 0) is 12.3 Å². The van der Waals surface area contributed by atoms with Gasteiger partial charge in [0.2, 0.25) is 0 Å². The maximum absolute atomic E-state index is 10.6. The first kappa shape index (κ1) is 12.5. The van der Waals surface area contributed by atoms with Crippen LogP contribution in [-0.4, -0.2) is 11.1 Å². The second-order valence-electron chi connectivity index (χ2n) is 3.89. The lowest BCUT2D eigenvalue weighted by Gasteiger charge is -2.16. The van der Waals surface area contributed by atoms with Crippen LogP contribution in [0.1, 0.15) is 52.9 Å². The number of hydrogen-bond acceptors (Lipinski definition) is 1. The zero-order valence-corrected chi connectivity index (χ0v) is 9.05. The topological polar surface area (TPSA) is 37.3 Å². The van der Waals surface area contributed by atoms with Gasteiger partial charge in [-0.2, -0.15) is 0 Å². The highest BCUT2D eigenvalue weighted by Crippen LogP contribution is 2.21. The molecule has 0 amide bonds. The zero-order valence-electron chi connectivity index (χ0n) is 9.05. The molecule has 0 aromatic heterocycles. The maximum atomic E-state index is 10.6. The smallest absolute Gasteiger partial charge is 0.306 e. The van der Waals surface area contributed by atoms with Gasteiger partial charge in [-0.15, -0.1) is 0 Å². The van der Waals surface area contributed by atoms with E-state index in [-0.39, 0.29) is 5.92 Å². The fourth-order valence-electron chi connectivity index (χ4n) is 1.58. The summed E-state index contributed by atoms with van der Waals surface area (Å²) in [6, 6.07) is 0. The summed E-state index contributed by atoms with van der Waals surface area (Å²) < 4.78 is 0. The van der Waals surface area contributed by atoms with Gasteiger partial charge in [0.15, 0.2) is 0 Å². The fraction of sp³-hybridized carbons (Fsp3) is 0.909. The molecule has 2 nitrogen and oxygen atoms in total. The van der Waals surface area contributed by atoms with E-state index in [0.29, 0.717) is 5.92 Å². The molecule has 0 radical (unpaired) electrons. The Hall–Kier alpha value is -0.530. The molecule has 0 aromatic rings. The molecule has 0 saturated carbocycles. The van der Waals surface area contributed by atoms with E-state index in [9.17, 15) is 4.79 Å². The van der Waals surface area contributed by atoms with E-state index in [2.05, 4.69) is 13.8 Å². The number of carboxylic acid groups (broad SMARTS) is 1. The van der Waals surface area contributed by atoms with Crippen LogP contribution in [0.2, 0.25) is 0 Å². The van der Waals surface area contributed by atoms with Crippen molar-refractivity contribution < 1.29 is 9.90 Å². The van der Waals surface area contributed by atoms with Crippen molar-refractivity contribution in [2.75, 3.05) is 0 Å². The predicted octanol–water partition coefficient (Wildman–Crippen LogP) is 3.31. The minimum absolute atomic E-state index is 0.179. The lowest BCUT2D eigenvalue weighted by Crippen LogP contribution is -2.14.